The van der Waals surface area contributed by atoms with Crippen LogP contribution < -0.4 is 0 Å². The van der Waals surface area contributed by atoms with Crippen LogP contribution in [0.1, 0.15) is 106 Å². The minimum atomic E-state index is -1.69. The summed E-state index contributed by atoms with van der Waals surface area (Å²) < 4.78 is 31.0. The molecule has 54 heavy (non-hydrogen) atoms. The average Bonchev–Trinajstić information content (AvgIpc) is 3.41. The lowest BCUT2D eigenvalue weighted by atomic mass is 9.30. The summed E-state index contributed by atoms with van der Waals surface area (Å²) >= 11 is 0. The Balaban J connectivity index is 1.01. The largest absolute Gasteiger partial charge is 0.394 e. The molecule has 13 nitrogen and oxygen atoms in total. The van der Waals surface area contributed by atoms with Gasteiger partial charge in [-0.3, -0.25) is 0 Å². The standard InChI is InChI=1S/C41H66O13/c1-35(2)23-7-11-38(5)24(8-12-41-25-15-36(3,19-43)13-14-40(25,20-51-41)26(45)16-39(38,41)6)37(23,4)10-9-27(35)53-33-31(49)32(21(44)18-50-33)54-34-30(48)29(47)28(46)22(17-42)52-34/h19,21-34,42,44-49H,7-18,20H2,1-6H3/t21-,22+,23-,24+,25+,26+,27-,28+,29-,30+,31+,32-,33-,34-,36-,37-,38+,39-,40+,41-/m0/s1. The zero-order valence-electron chi connectivity index (χ0n) is 32.9. The van der Waals surface area contributed by atoms with Crippen molar-refractivity contribution in [1.82, 2.24) is 0 Å². The fourth-order valence-corrected chi connectivity index (χ4v) is 14.8. The third-order valence-corrected chi connectivity index (χ3v) is 18.1. The summed E-state index contributed by atoms with van der Waals surface area (Å²) in [7, 11) is 0. The van der Waals surface area contributed by atoms with Gasteiger partial charge in [0.15, 0.2) is 12.6 Å². The van der Waals surface area contributed by atoms with Crippen molar-refractivity contribution >= 4 is 6.29 Å². The summed E-state index contributed by atoms with van der Waals surface area (Å²) in [5, 5.41) is 75.0. The molecule has 8 rings (SSSR count). The second-order valence-corrected chi connectivity index (χ2v) is 20.6. The fourth-order valence-electron chi connectivity index (χ4n) is 14.8. The number of hydrogen-bond donors (Lipinski definition) is 7. The van der Waals surface area contributed by atoms with Gasteiger partial charge in [-0.25, -0.2) is 0 Å². The van der Waals surface area contributed by atoms with Gasteiger partial charge in [-0.1, -0.05) is 41.5 Å². The quantitative estimate of drug-likeness (QED) is 0.153. The molecule has 0 aromatic carbocycles. The van der Waals surface area contributed by atoms with E-state index in [-0.39, 0.29) is 57.2 Å². The summed E-state index contributed by atoms with van der Waals surface area (Å²) in [5.41, 5.74) is -1.75. The molecule has 2 bridgehead atoms. The summed E-state index contributed by atoms with van der Waals surface area (Å²) in [5.74, 6) is 0.824. The van der Waals surface area contributed by atoms with E-state index in [9.17, 15) is 40.5 Å². The number of aliphatic hydroxyl groups is 7. The van der Waals surface area contributed by atoms with E-state index in [1.807, 2.05) is 0 Å². The number of aldehydes is 1. The molecule has 8 aliphatic rings. The van der Waals surface area contributed by atoms with Crippen LogP contribution in [-0.4, -0.2) is 135 Å². The van der Waals surface area contributed by atoms with E-state index in [0.717, 1.165) is 70.5 Å². The SMILES string of the molecule is CC1(C)[C@@H](O[C@@H]2OC[C@H](O)[C@H](O[C@@H]3O[C@H](CO)[C@@H](O)[C@H](O)[C@H]3O)[C@H]2O)CC[C@]2(C)[C@H]3CC[C@]45OC[C@@]6(CC[C@](C)(C=O)C[C@H]64)[C@H](O)C[C@@]5(C)[C@]3(C)CC[C@@H]12. The number of ether oxygens (including phenoxy) is 5. The molecule has 0 unspecified atom stereocenters. The number of rotatable bonds is 6. The van der Waals surface area contributed by atoms with Gasteiger partial charge in [0, 0.05) is 16.2 Å². The molecule has 0 radical (unpaired) electrons. The minimum absolute atomic E-state index is 0.0278. The predicted octanol–water partition coefficient (Wildman–Crippen LogP) is 1.82. The van der Waals surface area contributed by atoms with E-state index in [1.165, 1.54) is 0 Å². The second kappa shape index (κ2) is 13.1. The van der Waals surface area contributed by atoms with E-state index in [2.05, 4.69) is 41.5 Å². The molecule has 20 atom stereocenters. The molecule has 8 fully saturated rings. The Morgan fingerprint density at radius 1 is 0.741 bits per heavy atom. The van der Waals surface area contributed by atoms with Crippen LogP contribution in [0.15, 0.2) is 0 Å². The zero-order valence-corrected chi connectivity index (χ0v) is 32.9. The molecule has 13 heteroatoms. The number of hydrogen-bond acceptors (Lipinski definition) is 13. The molecule has 3 heterocycles. The van der Waals surface area contributed by atoms with E-state index in [1.54, 1.807) is 0 Å². The summed E-state index contributed by atoms with van der Waals surface area (Å²) in [6.45, 7) is 13.7. The first-order valence-corrected chi connectivity index (χ1v) is 20.7. The van der Waals surface area contributed by atoms with Crippen molar-refractivity contribution in [2.45, 2.75) is 179 Å². The van der Waals surface area contributed by atoms with Crippen LogP contribution >= 0.6 is 0 Å². The minimum Gasteiger partial charge on any atom is -0.394 e. The zero-order chi connectivity index (χ0) is 39.0. The van der Waals surface area contributed by atoms with Crippen molar-refractivity contribution in [3.8, 4) is 0 Å². The second-order valence-electron chi connectivity index (χ2n) is 20.6. The van der Waals surface area contributed by atoms with Crippen molar-refractivity contribution in [3.05, 3.63) is 0 Å². The van der Waals surface area contributed by atoms with Crippen LogP contribution in [-0.2, 0) is 28.5 Å². The van der Waals surface area contributed by atoms with E-state index < -0.39 is 73.4 Å². The highest BCUT2D eigenvalue weighted by atomic mass is 16.7. The maximum absolute atomic E-state index is 12.4. The van der Waals surface area contributed by atoms with Crippen LogP contribution in [0.4, 0.5) is 0 Å². The van der Waals surface area contributed by atoms with Crippen LogP contribution in [0.25, 0.3) is 0 Å². The highest BCUT2D eigenvalue weighted by molar-refractivity contribution is 5.59. The molecule has 3 aliphatic heterocycles. The Labute approximate surface area is 319 Å². The Morgan fingerprint density at radius 2 is 1.46 bits per heavy atom. The summed E-state index contributed by atoms with van der Waals surface area (Å²) in [6, 6.07) is 0. The van der Waals surface area contributed by atoms with Gasteiger partial charge in [-0.15, -0.1) is 0 Å². The summed E-state index contributed by atoms with van der Waals surface area (Å²) in [6.07, 6.45) is -3.78. The average molecular weight is 767 g/mol. The highest BCUT2D eigenvalue weighted by Gasteiger charge is 2.80. The first-order chi connectivity index (χ1) is 25.3. The third kappa shape index (κ3) is 5.22. The molecule has 7 N–H and O–H groups in total. The Morgan fingerprint density at radius 3 is 2.17 bits per heavy atom. The van der Waals surface area contributed by atoms with E-state index >= 15 is 0 Å². The van der Waals surface area contributed by atoms with Crippen molar-refractivity contribution in [1.29, 1.82) is 0 Å². The van der Waals surface area contributed by atoms with Gasteiger partial charge in [0.1, 0.15) is 49.0 Å². The number of aliphatic hydroxyl groups excluding tert-OH is 7. The molecular formula is C41H66O13. The first-order valence-electron chi connectivity index (χ1n) is 20.7. The molecule has 5 aliphatic carbocycles. The molecule has 1 spiro atoms. The van der Waals surface area contributed by atoms with E-state index in [0.29, 0.717) is 12.5 Å². The molecule has 3 saturated heterocycles. The van der Waals surface area contributed by atoms with Gasteiger partial charge in [0.2, 0.25) is 0 Å². The fraction of sp³-hybridized carbons (Fsp3) is 0.976. The first kappa shape index (κ1) is 40.0. The number of carbonyl (C=O) groups excluding carboxylic acids is 1. The Hall–Kier alpha value is -0.810. The van der Waals surface area contributed by atoms with Crippen LogP contribution in [0.5, 0.6) is 0 Å². The molecular weight excluding hydrogens is 700 g/mol. The van der Waals surface area contributed by atoms with Crippen LogP contribution in [0, 0.1) is 50.2 Å². The van der Waals surface area contributed by atoms with E-state index in [4.69, 9.17) is 23.7 Å². The normalized spacial score (nSPS) is 59.4. The van der Waals surface area contributed by atoms with Gasteiger partial charge in [-0.2, -0.15) is 0 Å². The smallest absolute Gasteiger partial charge is 0.187 e. The van der Waals surface area contributed by atoms with Gasteiger partial charge in [-0.05, 0) is 98.2 Å². The monoisotopic (exact) mass is 766 g/mol. The highest BCUT2D eigenvalue weighted by Crippen LogP contribution is 2.80. The lowest BCUT2D eigenvalue weighted by molar-refractivity contribution is -0.358. The number of fused-ring (bicyclic) bond motifs is 4. The molecule has 0 amide bonds. The lowest BCUT2D eigenvalue weighted by Crippen LogP contribution is -2.74. The molecule has 5 saturated carbocycles. The van der Waals surface area contributed by atoms with Gasteiger partial charge < -0.3 is 64.2 Å². The Bertz CT molecular complexity index is 1440. The van der Waals surface area contributed by atoms with Crippen molar-refractivity contribution < 1.29 is 64.2 Å². The van der Waals surface area contributed by atoms with Gasteiger partial charge >= 0.3 is 0 Å². The number of carbonyl (C=O) groups is 1. The maximum atomic E-state index is 12.4. The third-order valence-electron chi connectivity index (χ3n) is 18.1. The predicted molar refractivity (Wildman–Crippen MR) is 191 cm³/mol. The Kier molecular flexibility index (Phi) is 9.70. The van der Waals surface area contributed by atoms with Crippen LogP contribution in [0.2, 0.25) is 0 Å². The van der Waals surface area contributed by atoms with Gasteiger partial charge in [0.25, 0.3) is 0 Å². The lowest BCUT2D eigenvalue weighted by Gasteiger charge is -2.75. The van der Waals surface area contributed by atoms with Crippen molar-refractivity contribution in [3.63, 3.8) is 0 Å². The van der Waals surface area contributed by atoms with Crippen molar-refractivity contribution in [2.24, 2.45) is 50.2 Å². The van der Waals surface area contributed by atoms with Crippen LogP contribution in [0.3, 0.4) is 0 Å². The van der Waals surface area contributed by atoms with Crippen molar-refractivity contribution in [2.75, 3.05) is 19.8 Å². The topological polar surface area (TPSA) is 205 Å². The molecule has 0 aromatic rings. The summed E-state index contributed by atoms with van der Waals surface area (Å²) in [4.78, 5) is 12.4. The molecule has 0 aromatic heterocycles. The van der Waals surface area contributed by atoms with Gasteiger partial charge in [0.05, 0.1) is 37.6 Å². The maximum Gasteiger partial charge on any atom is 0.187 e. The molecule has 308 valence electrons.